The number of hydrogen-bond donors (Lipinski definition) is 1. The van der Waals surface area contributed by atoms with Crippen molar-refractivity contribution in [1.82, 2.24) is 10.3 Å². The minimum absolute atomic E-state index is 0.257. The normalized spacial score (nSPS) is 14.2. The van der Waals surface area contributed by atoms with Gasteiger partial charge in [-0.3, -0.25) is 9.78 Å². The molecule has 0 bridgehead atoms. The predicted molar refractivity (Wildman–Crippen MR) is 148 cm³/mol. The summed E-state index contributed by atoms with van der Waals surface area (Å²) in [5.74, 6) is 1.71. The molecule has 1 aliphatic heterocycles. The van der Waals surface area contributed by atoms with Crippen LogP contribution in [0.5, 0.6) is 17.2 Å². The maximum atomic E-state index is 13.3. The van der Waals surface area contributed by atoms with Crippen LogP contribution in [0, 0.1) is 0 Å². The first-order valence-electron chi connectivity index (χ1n) is 11.8. The number of hydrogen-bond acceptors (Lipinski definition) is 6. The van der Waals surface area contributed by atoms with Gasteiger partial charge in [-0.1, -0.05) is 36.4 Å². The van der Waals surface area contributed by atoms with Crippen LogP contribution in [0.2, 0.25) is 0 Å². The van der Waals surface area contributed by atoms with Crippen molar-refractivity contribution in [1.29, 1.82) is 0 Å². The Morgan fingerprint density at radius 3 is 2.62 bits per heavy atom. The summed E-state index contributed by atoms with van der Waals surface area (Å²) in [5.41, 5.74) is 3.39. The first-order chi connectivity index (χ1) is 18.1. The monoisotopic (exact) mass is 511 g/mol. The molecule has 0 aliphatic carbocycles. The van der Waals surface area contributed by atoms with E-state index in [1.54, 1.807) is 19.4 Å². The SMILES string of the molecule is CCOc1ccccc1N1C(=O)/C(=C\c2ccc(OC)c(COc3cccc4cccnc34)c2)NC1=S. The molecule has 5 rings (SSSR count). The van der Waals surface area contributed by atoms with Gasteiger partial charge >= 0.3 is 0 Å². The van der Waals surface area contributed by atoms with Crippen molar-refractivity contribution < 1.29 is 19.0 Å². The van der Waals surface area contributed by atoms with Crippen molar-refractivity contribution in [2.45, 2.75) is 13.5 Å². The van der Waals surface area contributed by atoms with Gasteiger partial charge in [-0.05, 0) is 67.2 Å². The average Bonchev–Trinajstić information content (AvgIpc) is 3.20. The lowest BCUT2D eigenvalue weighted by Crippen LogP contribution is -2.30. The largest absolute Gasteiger partial charge is 0.496 e. The van der Waals surface area contributed by atoms with E-state index in [2.05, 4.69) is 10.3 Å². The van der Waals surface area contributed by atoms with Crippen LogP contribution in [0.1, 0.15) is 18.1 Å². The zero-order valence-electron chi connectivity index (χ0n) is 20.4. The molecule has 7 nitrogen and oxygen atoms in total. The highest BCUT2D eigenvalue weighted by atomic mass is 32.1. The molecule has 186 valence electrons. The zero-order valence-corrected chi connectivity index (χ0v) is 21.2. The van der Waals surface area contributed by atoms with Crippen molar-refractivity contribution in [2.75, 3.05) is 18.6 Å². The molecule has 1 saturated heterocycles. The van der Waals surface area contributed by atoms with E-state index < -0.39 is 0 Å². The number of thiocarbonyl (C=S) groups is 1. The molecular formula is C29H25N3O4S. The van der Waals surface area contributed by atoms with Gasteiger partial charge in [-0.15, -0.1) is 0 Å². The highest BCUT2D eigenvalue weighted by Crippen LogP contribution is 2.32. The summed E-state index contributed by atoms with van der Waals surface area (Å²) >= 11 is 5.49. The van der Waals surface area contributed by atoms with Gasteiger partial charge in [-0.2, -0.15) is 0 Å². The maximum Gasteiger partial charge on any atom is 0.281 e. The first-order valence-corrected chi connectivity index (χ1v) is 12.2. The van der Waals surface area contributed by atoms with Gasteiger partial charge in [-0.25, -0.2) is 4.90 Å². The quantitative estimate of drug-likeness (QED) is 0.248. The van der Waals surface area contributed by atoms with Crippen LogP contribution in [-0.2, 0) is 11.4 Å². The van der Waals surface area contributed by atoms with Gasteiger partial charge in [0.05, 0.1) is 19.4 Å². The number of amides is 1. The molecule has 1 amide bonds. The van der Waals surface area contributed by atoms with Gasteiger partial charge < -0.3 is 19.5 Å². The second-order valence-electron chi connectivity index (χ2n) is 8.22. The minimum Gasteiger partial charge on any atom is -0.496 e. The Bertz CT molecular complexity index is 1510. The highest BCUT2D eigenvalue weighted by Gasteiger charge is 2.33. The number of anilines is 1. The van der Waals surface area contributed by atoms with Crippen LogP contribution in [0.25, 0.3) is 17.0 Å². The van der Waals surface area contributed by atoms with Gasteiger partial charge in [0.25, 0.3) is 5.91 Å². The molecule has 37 heavy (non-hydrogen) atoms. The Hall–Kier alpha value is -4.43. The molecule has 3 aromatic carbocycles. The first kappa shape index (κ1) is 24.3. The fourth-order valence-electron chi connectivity index (χ4n) is 4.19. The fraction of sp³-hybridized carbons (Fsp3) is 0.138. The number of fused-ring (bicyclic) bond motifs is 1. The molecule has 1 aromatic heterocycles. The Balaban J connectivity index is 1.41. The summed E-state index contributed by atoms with van der Waals surface area (Å²) in [7, 11) is 1.62. The van der Waals surface area contributed by atoms with Gasteiger partial charge in [0.15, 0.2) is 5.11 Å². The Morgan fingerprint density at radius 1 is 0.973 bits per heavy atom. The lowest BCUT2D eigenvalue weighted by atomic mass is 10.1. The Kier molecular flexibility index (Phi) is 7.00. The number of methoxy groups -OCH3 is 1. The third kappa shape index (κ3) is 4.96. The maximum absolute atomic E-state index is 13.3. The number of benzene rings is 3. The van der Waals surface area contributed by atoms with Gasteiger partial charge in [0, 0.05) is 17.1 Å². The zero-order chi connectivity index (χ0) is 25.8. The van der Waals surface area contributed by atoms with Crippen LogP contribution in [0.15, 0.2) is 84.7 Å². The number of rotatable bonds is 8. The number of aromatic nitrogens is 1. The average molecular weight is 512 g/mol. The number of para-hydroxylation sites is 3. The van der Waals surface area contributed by atoms with Crippen molar-refractivity contribution in [3.05, 3.63) is 95.8 Å². The standard InChI is InChI=1S/C29H25N3O4S/c1-3-35-25-11-5-4-10-23(25)32-28(33)22(31-29(32)37)17-19-13-14-24(34-2)21(16-19)18-36-26-12-6-8-20-9-7-15-30-27(20)26/h4-17H,3,18H2,1-2H3,(H,31,37)/b22-17+. The minimum atomic E-state index is -0.257. The van der Waals surface area contributed by atoms with E-state index in [-0.39, 0.29) is 12.5 Å². The highest BCUT2D eigenvalue weighted by molar-refractivity contribution is 7.80. The second kappa shape index (κ2) is 10.7. The van der Waals surface area contributed by atoms with E-state index in [0.29, 0.717) is 40.4 Å². The number of carbonyl (C=O) groups excluding carboxylic acids is 1. The number of nitrogens with zero attached hydrogens (tertiary/aromatic N) is 2. The summed E-state index contributed by atoms with van der Waals surface area (Å²) in [4.78, 5) is 19.2. The lowest BCUT2D eigenvalue weighted by molar-refractivity contribution is -0.113. The molecule has 0 atom stereocenters. The smallest absolute Gasteiger partial charge is 0.281 e. The van der Waals surface area contributed by atoms with E-state index in [0.717, 1.165) is 22.0 Å². The van der Waals surface area contributed by atoms with E-state index in [9.17, 15) is 4.79 Å². The van der Waals surface area contributed by atoms with Crippen molar-refractivity contribution >= 4 is 45.9 Å². The molecule has 2 heterocycles. The van der Waals surface area contributed by atoms with E-state index in [1.165, 1.54) is 4.90 Å². The molecule has 0 unspecified atom stereocenters. The Labute approximate surface area is 220 Å². The molecule has 1 aliphatic rings. The van der Waals surface area contributed by atoms with Crippen LogP contribution in [0.4, 0.5) is 5.69 Å². The number of pyridine rings is 1. The molecule has 0 spiro atoms. The van der Waals surface area contributed by atoms with Crippen LogP contribution >= 0.6 is 12.2 Å². The van der Waals surface area contributed by atoms with Crippen LogP contribution < -0.4 is 24.4 Å². The number of nitrogens with one attached hydrogen (secondary N) is 1. The molecular weight excluding hydrogens is 486 g/mol. The summed E-state index contributed by atoms with van der Waals surface area (Å²) in [6.45, 7) is 2.64. The summed E-state index contributed by atoms with van der Waals surface area (Å²) < 4.78 is 17.4. The fourth-order valence-corrected chi connectivity index (χ4v) is 4.48. The third-order valence-electron chi connectivity index (χ3n) is 5.88. The topological polar surface area (TPSA) is 72.9 Å². The van der Waals surface area contributed by atoms with E-state index in [4.69, 9.17) is 26.4 Å². The molecule has 0 saturated carbocycles. The van der Waals surface area contributed by atoms with E-state index >= 15 is 0 Å². The van der Waals surface area contributed by atoms with E-state index in [1.807, 2.05) is 79.7 Å². The molecule has 1 fully saturated rings. The number of carbonyl (C=O) groups is 1. The van der Waals surface area contributed by atoms with Crippen molar-refractivity contribution in [3.8, 4) is 17.2 Å². The van der Waals surface area contributed by atoms with Crippen molar-refractivity contribution in [3.63, 3.8) is 0 Å². The molecule has 4 aromatic rings. The number of ether oxygens (including phenoxy) is 3. The predicted octanol–water partition coefficient (Wildman–Crippen LogP) is 5.48. The molecule has 8 heteroatoms. The summed E-state index contributed by atoms with van der Waals surface area (Å²) in [6.07, 6.45) is 3.51. The second-order valence-corrected chi connectivity index (χ2v) is 8.61. The van der Waals surface area contributed by atoms with Gasteiger partial charge in [0.2, 0.25) is 0 Å². The summed E-state index contributed by atoms with van der Waals surface area (Å²) in [6, 6.07) is 22.7. The molecule has 1 N–H and O–H groups in total. The third-order valence-corrected chi connectivity index (χ3v) is 6.16. The van der Waals surface area contributed by atoms with Gasteiger partial charge in [0.1, 0.15) is 35.1 Å². The molecule has 0 radical (unpaired) electrons. The Morgan fingerprint density at radius 2 is 1.78 bits per heavy atom. The summed E-state index contributed by atoms with van der Waals surface area (Å²) in [5, 5.41) is 4.34. The lowest BCUT2D eigenvalue weighted by Gasteiger charge is -2.18. The van der Waals surface area contributed by atoms with Crippen molar-refractivity contribution in [2.24, 2.45) is 0 Å². The van der Waals surface area contributed by atoms with Crippen LogP contribution in [-0.4, -0.2) is 29.7 Å². The van der Waals surface area contributed by atoms with Crippen LogP contribution in [0.3, 0.4) is 0 Å².